The van der Waals surface area contributed by atoms with Gasteiger partial charge in [-0.25, -0.2) is 14.3 Å². The average molecular weight is 357 g/mol. The summed E-state index contributed by atoms with van der Waals surface area (Å²) in [6.45, 7) is 8.32. The lowest BCUT2D eigenvalue weighted by molar-refractivity contribution is 0.0939. The Hall–Kier alpha value is -2.90. The van der Waals surface area contributed by atoms with E-state index in [1.807, 2.05) is 27.7 Å². The molecule has 26 heavy (non-hydrogen) atoms. The molecule has 0 bridgehead atoms. The number of carbonyl (C=O) groups excluding carboxylic acids is 1. The lowest BCUT2D eigenvalue weighted by atomic mass is 10.1. The summed E-state index contributed by atoms with van der Waals surface area (Å²) in [6, 6.07) is 4.81. The largest absolute Gasteiger partial charge is 0.350 e. The summed E-state index contributed by atoms with van der Waals surface area (Å²) < 4.78 is 2.84. The summed E-state index contributed by atoms with van der Waals surface area (Å²) in [5, 5.41) is 9.67. The topological polar surface area (TPSA) is 101 Å². The van der Waals surface area contributed by atoms with E-state index in [2.05, 4.69) is 15.5 Å². The van der Waals surface area contributed by atoms with E-state index in [1.165, 1.54) is 8.97 Å². The Morgan fingerprint density at radius 1 is 1.27 bits per heavy atom. The lowest BCUT2D eigenvalue weighted by Gasteiger charge is -2.14. The van der Waals surface area contributed by atoms with Crippen LogP contribution in [0.1, 0.15) is 44.5 Å². The maximum atomic E-state index is 12.9. The summed E-state index contributed by atoms with van der Waals surface area (Å²) in [5.74, 6) is 0.222. The van der Waals surface area contributed by atoms with Crippen LogP contribution in [0.5, 0.6) is 0 Å². The van der Waals surface area contributed by atoms with E-state index in [1.54, 1.807) is 18.2 Å². The van der Waals surface area contributed by atoms with Gasteiger partial charge in [-0.3, -0.25) is 14.2 Å². The molecule has 0 aliphatic rings. The summed E-state index contributed by atoms with van der Waals surface area (Å²) in [5.41, 5.74) is 0.102. The van der Waals surface area contributed by atoms with Crippen LogP contribution in [-0.4, -0.2) is 31.1 Å². The van der Waals surface area contributed by atoms with Gasteiger partial charge in [0.1, 0.15) is 0 Å². The van der Waals surface area contributed by atoms with Crippen LogP contribution in [0.4, 0.5) is 0 Å². The number of carbonyl (C=O) groups is 1. The molecule has 1 unspecified atom stereocenters. The van der Waals surface area contributed by atoms with Crippen LogP contribution >= 0.6 is 0 Å². The van der Waals surface area contributed by atoms with Gasteiger partial charge in [-0.15, -0.1) is 5.10 Å². The molecule has 1 aromatic carbocycles. The zero-order valence-electron chi connectivity index (χ0n) is 15.4. The first-order valence-corrected chi connectivity index (χ1v) is 8.78. The number of nitrogens with one attached hydrogen (secondary N) is 2. The minimum Gasteiger partial charge on any atom is -0.350 e. The first-order valence-electron chi connectivity index (χ1n) is 8.78. The molecule has 3 aromatic rings. The summed E-state index contributed by atoms with van der Waals surface area (Å²) >= 11 is 0. The second-order valence-corrected chi connectivity index (χ2v) is 6.99. The molecular weight excluding hydrogens is 334 g/mol. The number of benzene rings is 1. The van der Waals surface area contributed by atoms with Crippen LogP contribution in [0.25, 0.3) is 16.7 Å². The maximum Gasteiger partial charge on any atom is 0.349 e. The molecule has 138 valence electrons. The molecule has 0 radical (unpaired) electrons. The van der Waals surface area contributed by atoms with E-state index in [9.17, 15) is 14.4 Å². The first kappa shape index (κ1) is 17.9. The second kappa shape index (κ2) is 6.78. The van der Waals surface area contributed by atoms with Crippen LogP contribution in [-0.2, 0) is 6.54 Å². The minimum atomic E-state index is -0.443. The molecule has 0 saturated carbocycles. The van der Waals surface area contributed by atoms with Crippen molar-refractivity contribution < 1.29 is 4.79 Å². The highest BCUT2D eigenvalue weighted by Crippen LogP contribution is 2.15. The van der Waals surface area contributed by atoms with Crippen LogP contribution < -0.4 is 16.6 Å². The standard InChI is InChI=1S/C18H23N5O3/c1-5-11(4)19-15(24)12-6-7-13-14(8-12)23-17(20-21-18(23)26)22(16(13)25)9-10(2)3/h6-8,10-11H,5,9H2,1-4H3,(H,19,24)(H,21,26). The number of nitrogens with zero attached hydrogens (tertiary/aromatic N) is 3. The molecule has 8 nitrogen and oxygen atoms in total. The summed E-state index contributed by atoms with van der Waals surface area (Å²) in [7, 11) is 0. The molecule has 3 rings (SSSR count). The molecule has 0 aliphatic heterocycles. The van der Waals surface area contributed by atoms with Crippen molar-refractivity contribution in [1.29, 1.82) is 0 Å². The van der Waals surface area contributed by atoms with Crippen LogP contribution in [0.3, 0.4) is 0 Å². The Morgan fingerprint density at radius 2 is 2.00 bits per heavy atom. The van der Waals surface area contributed by atoms with Crippen molar-refractivity contribution in [1.82, 2.24) is 24.5 Å². The molecule has 2 heterocycles. The normalized spacial score (nSPS) is 12.8. The first-order chi connectivity index (χ1) is 12.3. The highest BCUT2D eigenvalue weighted by Gasteiger charge is 2.17. The fraction of sp³-hybridized carbons (Fsp3) is 0.444. The van der Waals surface area contributed by atoms with Gasteiger partial charge in [-0.1, -0.05) is 20.8 Å². The number of rotatable bonds is 5. The number of hydrogen-bond donors (Lipinski definition) is 2. The molecule has 8 heteroatoms. The Kier molecular flexibility index (Phi) is 4.67. The number of fused-ring (bicyclic) bond motifs is 3. The predicted octanol–water partition coefficient (Wildman–Crippen LogP) is 1.52. The molecule has 1 atom stereocenters. The Balaban J connectivity index is 2.26. The van der Waals surface area contributed by atoms with Gasteiger partial charge in [0.05, 0.1) is 10.9 Å². The zero-order valence-corrected chi connectivity index (χ0v) is 15.4. The van der Waals surface area contributed by atoms with Gasteiger partial charge < -0.3 is 5.32 Å². The van der Waals surface area contributed by atoms with E-state index in [-0.39, 0.29) is 29.2 Å². The van der Waals surface area contributed by atoms with Crippen LogP contribution in [0.2, 0.25) is 0 Å². The van der Waals surface area contributed by atoms with E-state index < -0.39 is 5.69 Å². The zero-order chi connectivity index (χ0) is 19.0. The molecule has 2 aromatic heterocycles. The minimum absolute atomic E-state index is 0.0360. The Labute approximate surface area is 149 Å². The molecule has 0 fully saturated rings. The highest BCUT2D eigenvalue weighted by atomic mass is 16.2. The Morgan fingerprint density at radius 3 is 2.65 bits per heavy atom. The third-order valence-corrected chi connectivity index (χ3v) is 4.41. The lowest BCUT2D eigenvalue weighted by Crippen LogP contribution is -2.32. The van der Waals surface area contributed by atoms with Crippen molar-refractivity contribution in [2.45, 2.75) is 46.7 Å². The van der Waals surface area contributed by atoms with Crippen molar-refractivity contribution >= 4 is 22.6 Å². The molecule has 0 saturated heterocycles. The number of hydrogen-bond acceptors (Lipinski definition) is 4. The Bertz CT molecular complexity index is 1090. The van der Waals surface area contributed by atoms with Gasteiger partial charge in [0, 0.05) is 18.2 Å². The highest BCUT2D eigenvalue weighted by molar-refractivity contribution is 5.98. The van der Waals surface area contributed by atoms with Crippen LogP contribution in [0, 0.1) is 5.92 Å². The number of aromatic amines is 1. The smallest absolute Gasteiger partial charge is 0.349 e. The molecular formula is C18H23N5O3. The van der Waals surface area contributed by atoms with Crippen LogP contribution in [0.15, 0.2) is 27.8 Å². The van der Waals surface area contributed by atoms with Gasteiger partial charge in [-0.2, -0.15) is 0 Å². The van der Waals surface area contributed by atoms with E-state index in [4.69, 9.17) is 0 Å². The van der Waals surface area contributed by atoms with E-state index in [0.717, 1.165) is 6.42 Å². The van der Waals surface area contributed by atoms with Crippen molar-refractivity contribution in [3.63, 3.8) is 0 Å². The SMILES string of the molecule is CCC(C)NC(=O)c1ccc2c(=O)n(CC(C)C)c3n[nH]c(=O)n3c2c1. The third kappa shape index (κ3) is 3.02. The van der Waals surface area contributed by atoms with Crippen molar-refractivity contribution in [2.75, 3.05) is 0 Å². The number of aromatic nitrogens is 4. The van der Waals surface area contributed by atoms with Gasteiger partial charge in [-0.05, 0) is 37.5 Å². The van der Waals surface area contributed by atoms with Crippen molar-refractivity contribution in [2.24, 2.45) is 5.92 Å². The number of H-pyrrole nitrogens is 1. The molecule has 1 amide bonds. The van der Waals surface area contributed by atoms with Crippen molar-refractivity contribution in [3.8, 4) is 0 Å². The summed E-state index contributed by atoms with van der Waals surface area (Å²) in [4.78, 5) is 37.6. The van der Waals surface area contributed by atoms with E-state index in [0.29, 0.717) is 23.0 Å². The fourth-order valence-electron chi connectivity index (χ4n) is 2.90. The van der Waals surface area contributed by atoms with Gasteiger partial charge in [0.15, 0.2) is 0 Å². The number of amides is 1. The van der Waals surface area contributed by atoms with Gasteiger partial charge in [0.2, 0.25) is 5.78 Å². The van der Waals surface area contributed by atoms with Crippen molar-refractivity contribution in [3.05, 3.63) is 44.6 Å². The monoisotopic (exact) mass is 357 g/mol. The van der Waals surface area contributed by atoms with Gasteiger partial charge >= 0.3 is 5.69 Å². The average Bonchev–Trinajstić information content (AvgIpc) is 2.99. The summed E-state index contributed by atoms with van der Waals surface area (Å²) in [6.07, 6.45) is 0.810. The predicted molar refractivity (Wildman–Crippen MR) is 99.6 cm³/mol. The molecule has 0 aliphatic carbocycles. The van der Waals surface area contributed by atoms with Gasteiger partial charge in [0.25, 0.3) is 11.5 Å². The quantitative estimate of drug-likeness (QED) is 0.723. The third-order valence-electron chi connectivity index (χ3n) is 4.41. The van der Waals surface area contributed by atoms with E-state index >= 15 is 0 Å². The molecule has 2 N–H and O–H groups in total. The molecule has 0 spiro atoms. The maximum absolute atomic E-state index is 12.9. The fourth-order valence-corrected chi connectivity index (χ4v) is 2.90. The second-order valence-electron chi connectivity index (χ2n) is 6.99.